The van der Waals surface area contributed by atoms with E-state index in [4.69, 9.17) is 0 Å². The largest absolute Gasteiger partial charge is 0.390 e. The summed E-state index contributed by atoms with van der Waals surface area (Å²) in [5, 5.41) is 14.4. The fourth-order valence-electron chi connectivity index (χ4n) is 5.15. The molecule has 5 rings (SSSR count). The number of benzene rings is 1. The van der Waals surface area contributed by atoms with E-state index in [1.807, 2.05) is 0 Å². The highest BCUT2D eigenvalue weighted by atomic mass is 16.3. The molecule has 102 valence electrons. The van der Waals surface area contributed by atoms with Gasteiger partial charge in [0.15, 0.2) is 0 Å². The molecule has 1 aromatic rings. The molecule has 4 saturated carbocycles. The van der Waals surface area contributed by atoms with Crippen molar-refractivity contribution in [3.63, 3.8) is 0 Å². The number of hydrogen-bond acceptors (Lipinski definition) is 2. The Hall–Kier alpha value is -0.860. The maximum atomic E-state index is 10.6. The van der Waals surface area contributed by atoms with E-state index < -0.39 is 0 Å². The fraction of sp³-hybridized carbons (Fsp3) is 0.647. The van der Waals surface area contributed by atoms with E-state index in [0.29, 0.717) is 17.9 Å². The molecule has 2 N–H and O–H groups in total. The molecule has 0 aliphatic heterocycles. The van der Waals surface area contributed by atoms with Gasteiger partial charge in [-0.25, -0.2) is 0 Å². The second-order valence-corrected chi connectivity index (χ2v) is 7.09. The van der Waals surface area contributed by atoms with Crippen molar-refractivity contribution in [2.45, 2.75) is 50.3 Å². The van der Waals surface area contributed by atoms with Crippen LogP contribution in [0.25, 0.3) is 0 Å². The van der Waals surface area contributed by atoms with Crippen molar-refractivity contribution in [1.29, 1.82) is 0 Å². The molecule has 0 radical (unpaired) electrons. The molecule has 0 saturated heterocycles. The molecule has 2 heteroatoms. The lowest BCUT2D eigenvalue weighted by Gasteiger charge is -2.58. The van der Waals surface area contributed by atoms with Crippen LogP contribution in [0.4, 0.5) is 0 Å². The number of aliphatic hydroxyl groups is 1. The Morgan fingerprint density at radius 1 is 1.05 bits per heavy atom. The average Bonchev–Trinajstić information content (AvgIpc) is 2.37. The Bertz CT molecular complexity index is 442. The van der Waals surface area contributed by atoms with Crippen molar-refractivity contribution in [2.24, 2.45) is 17.8 Å². The maximum Gasteiger partial charge on any atom is 0.0657 e. The molecule has 19 heavy (non-hydrogen) atoms. The van der Waals surface area contributed by atoms with Crippen molar-refractivity contribution in [2.75, 3.05) is 0 Å². The van der Waals surface area contributed by atoms with Gasteiger partial charge in [0.2, 0.25) is 0 Å². The Morgan fingerprint density at radius 2 is 1.74 bits per heavy atom. The van der Waals surface area contributed by atoms with Gasteiger partial charge >= 0.3 is 0 Å². The summed E-state index contributed by atoms with van der Waals surface area (Å²) in [6.45, 7) is 0.974. The van der Waals surface area contributed by atoms with Crippen LogP contribution in [0.5, 0.6) is 0 Å². The molecule has 4 aliphatic rings. The van der Waals surface area contributed by atoms with Crippen LogP contribution in [0, 0.1) is 17.8 Å². The summed E-state index contributed by atoms with van der Waals surface area (Å²) in [6, 6.07) is 11.3. The van der Waals surface area contributed by atoms with Gasteiger partial charge in [0.05, 0.1) is 5.60 Å². The molecule has 4 bridgehead atoms. The topological polar surface area (TPSA) is 32.3 Å². The third-order valence-corrected chi connectivity index (χ3v) is 5.63. The zero-order valence-corrected chi connectivity index (χ0v) is 11.4. The van der Waals surface area contributed by atoms with E-state index in [-0.39, 0.29) is 5.60 Å². The Labute approximate surface area is 115 Å². The summed E-state index contributed by atoms with van der Waals surface area (Å²) in [5.41, 5.74) is 1.07. The first-order chi connectivity index (χ1) is 9.22. The molecule has 0 spiro atoms. The third-order valence-electron chi connectivity index (χ3n) is 5.63. The number of hydrogen-bond donors (Lipinski definition) is 2. The van der Waals surface area contributed by atoms with Gasteiger partial charge in [-0.3, -0.25) is 0 Å². The summed E-state index contributed by atoms with van der Waals surface area (Å²) in [4.78, 5) is 0. The molecule has 0 heterocycles. The van der Waals surface area contributed by atoms with Gasteiger partial charge < -0.3 is 10.4 Å². The lowest BCUT2D eigenvalue weighted by atomic mass is 9.52. The Morgan fingerprint density at radius 3 is 2.37 bits per heavy atom. The molecule has 4 aliphatic carbocycles. The van der Waals surface area contributed by atoms with Crippen LogP contribution in [0.2, 0.25) is 0 Å². The second-order valence-electron chi connectivity index (χ2n) is 7.09. The van der Waals surface area contributed by atoms with Crippen LogP contribution in [-0.2, 0) is 6.54 Å². The lowest BCUT2D eigenvalue weighted by Crippen LogP contribution is -2.60. The van der Waals surface area contributed by atoms with E-state index in [1.165, 1.54) is 18.4 Å². The van der Waals surface area contributed by atoms with Gasteiger partial charge in [0, 0.05) is 12.6 Å². The Balaban J connectivity index is 1.45. The summed E-state index contributed by atoms with van der Waals surface area (Å²) >= 11 is 0. The smallest absolute Gasteiger partial charge is 0.0657 e. The minimum Gasteiger partial charge on any atom is -0.390 e. The molecule has 3 unspecified atom stereocenters. The van der Waals surface area contributed by atoms with E-state index >= 15 is 0 Å². The predicted molar refractivity (Wildman–Crippen MR) is 75.6 cm³/mol. The molecule has 1 aromatic carbocycles. The quantitative estimate of drug-likeness (QED) is 0.872. The summed E-state index contributed by atoms with van der Waals surface area (Å²) in [7, 11) is 0. The van der Waals surface area contributed by atoms with Gasteiger partial charge in [-0.2, -0.15) is 0 Å². The average molecular weight is 257 g/mol. The molecular weight excluding hydrogens is 234 g/mol. The highest BCUT2D eigenvalue weighted by Crippen LogP contribution is 2.55. The minimum absolute atomic E-state index is 0.304. The highest BCUT2D eigenvalue weighted by molar-refractivity contribution is 5.15. The van der Waals surface area contributed by atoms with E-state index in [1.54, 1.807) is 0 Å². The van der Waals surface area contributed by atoms with Crippen molar-refractivity contribution in [1.82, 2.24) is 5.32 Å². The first-order valence-electron chi connectivity index (χ1n) is 7.72. The highest BCUT2D eigenvalue weighted by Gasteiger charge is 2.54. The van der Waals surface area contributed by atoms with E-state index in [0.717, 1.165) is 31.7 Å². The van der Waals surface area contributed by atoms with Gasteiger partial charge in [-0.15, -0.1) is 0 Å². The van der Waals surface area contributed by atoms with Gasteiger partial charge in [-0.1, -0.05) is 30.3 Å². The van der Waals surface area contributed by atoms with Gasteiger partial charge in [0.1, 0.15) is 0 Å². The van der Waals surface area contributed by atoms with Crippen LogP contribution >= 0.6 is 0 Å². The Kier molecular flexibility index (Phi) is 2.71. The second kappa shape index (κ2) is 4.32. The van der Waals surface area contributed by atoms with E-state index in [9.17, 15) is 5.11 Å². The maximum absolute atomic E-state index is 10.6. The normalized spacial score (nSPS) is 43.6. The molecule has 4 fully saturated rings. The summed E-state index contributed by atoms with van der Waals surface area (Å²) in [5.74, 6) is 2.22. The SMILES string of the molecule is OC12CC3C[C@H](C1)C(NCc1ccccc1)[C@@H](C3)C2. The monoisotopic (exact) mass is 257 g/mol. The first kappa shape index (κ1) is 11.9. The van der Waals surface area contributed by atoms with Crippen LogP contribution in [0.3, 0.4) is 0 Å². The molecule has 2 nitrogen and oxygen atoms in total. The predicted octanol–water partition coefficient (Wildman–Crippen LogP) is 2.72. The van der Waals surface area contributed by atoms with E-state index in [2.05, 4.69) is 35.6 Å². The van der Waals surface area contributed by atoms with Crippen LogP contribution in [0.1, 0.15) is 37.7 Å². The number of rotatable bonds is 3. The fourth-order valence-corrected chi connectivity index (χ4v) is 5.15. The van der Waals surface area contributed by atoms with Crippen LogP contribution in [-0.4, -0.2) is 16.7 Å². The zero-order valence-electron chi connectivity index (χ0n) is 11.4. The van der Waals surface area contributed by atoms with Gasteiger partial charge in [-0.05, 0) is 55.4 Å². The lowest BCUT2D eigenvalue weighted by molar-refractivity contribution is -0.138. The first-order valence-corrected chi connectivity index (χ1v) is 7.72. The molecule has 0 aromatic heterocycles. The van der Waals surface area contributed by atoms with Crippen molar-refractivity contribution in [3.05, 3.63) is 35.9 Å². The molecular formula is C17H23NO. The van der Waals surface area contributed by atoms with Crippen molar-refractivity contribution < 1.29 is 5.11 Å². The standard InChI is InChI=1S/C17H23NO/c19-17-8-13-6-14(9-17)16(15(7-13)10-17)18-11-12-4-2-1-3-5-12/h1-5,13-16,18-19H,6-11H2/t13?,14-,15+,16?,17?. The molecule has 0 amide bonds. The summed E-state index contributed by atoms with van der Waals surface area (Å²) in [6.07, 6.45) is 5.82. The van der Waals surface area contributed by atoms with Crippen molar-refractivity contribution >= 4 is 0 Å². The summed E-state index contributed by atoms with van der Waals surface area (Å²) < 4.78 is 0. The van der Waals surface area contributed by atoms with Crippen LogP contribution < -0.4 is 5.32 Å². The zero-order chi connectivity index (χ0) is 12.9. The third kappa shape index (κ3) is 2.11. The molecule has 5 atom stereocenters. The van der Waals surface area contributed by atoms with Gasteiger partial charge in [0.25, 0.3) is 0 Å². The van der Waals surface area contributed by atoms with Crippen LogP contribution in [0.15, 0.2) is 30.3 Å². The minimum atomic E-state index is -0.304. The number of nitrogens with one attached hydrogen (secondary N) is 1. The van der Waals surface area contributed by atoms with Crippen molar-refractivity contribution in [3.8, 4) is 0 Å².